The van der Waals surface area contributed by atoms with Gasteiger partial charge in [-0.2, -0.15) is 5.10 Å². The van der Waals surface area contributed by atoms with Crippen molar-refractivity contribution in [1.82, 2.24) is 15.5 Å². The van der Waals surface area contributed by atoms with Gasteiger partial charge in [-0.05, 0) is 31.5 Å². The van der Waals surface area contributed by atoms with Crippen LogP contribution in [-0.2, 0) is 5.54 Å². The van der Waals surface area contributed by atoms with Crippen LogP contribution in [0, 0.1) is 5.82 Å². The van der Waals surface area contributed by atoms with Crippen LogP contribution in [0.15, 0.2) is 36.7 Å². The molecule has 1 amide bonds. The van der Waals surface area contributed by atoms with E-state index >= 15 is 0 Å². The van der Waals surface area contributed by atoms with Gasteiger partial charge in [0.05, 0.1) is 17.3 Å². The zero-order valence-corrected chi connectivity index (χ0v) is 10.2. The van der Waals surface area contributed by atoms with E-state index in [1.807, 2.05) is 13.8 Å². The van der Waals surface area contributed by atoms with Crippen LogP contribution in [0.5, 0.6) is 0 Å². The highest BCUT2D eigenvalue weighted by atomic mass is 19.1. The topological polar surface area (TPSA) is 57.8 Å². The Labute approximate surface area is 104 Å². The van der Waals surface area contributed by atoms with Gasteiger partial charge in [0.25, 0.3) is 5.91 Å². The van der Waals surface area contributed by atoms with E-state index in [9.17, 15) is 9.18 Å². The highest BCUT2D eigenvalue weighted by molar-refractivity contribution is 5.94. The molecule has 2 rings (SSSR count). The number of amides is 1. The molecular weight excluding hydrogens is 233 g/mol. The van der Waals surface area contributed by atoms with Crippen LogP contribution in [0.4, 0.5) is 4.39 Å². The van der Waals surface area contributed by atoms with Crippen LogP contribution >= 0.6 is 0 Å². The van der Waals surface area contributed by atoms with E-state index < -0.39 is 5.54 Å². The number of aromatic nitrogens is 2. The van der Waals surface area contributed by atoms with E-state index in [0.29, 0.717) is 5.56 Å². The van der Waals surface area contributed by atoms with Gasteiger partial charge in [0.15, 0.2) is 0 Å². The highest BCUT2D eigenvalue weighted by Crippen LogP contribution is 2.20. The quantitative estimate of drug-likeness (QED) is 0.873. The smallest absolute Gasteiger partial charge is 0.255 e. The fraction of sp³-hybridized carbons (Fsp3) is 0.231. The number of H-pyrrole nitrogens is 1. The minimum absolute atomic E-state index is 0.224. The molecule has 0 fully saturated rings. The number of benzene rings is 1. The Morgan fingerprint density at radius 3 is 2.56 bits per heavy atom. The molecule has 2 N–H and O–H groups in total. The first-order valence-electron chi connectivity index (χ1n) is 5.56. The molecule has 0 unspecified atom stereocenters. The summed E-state index contributed by atoms with van der Waals surface area (Å²) in [6.45, 7) is 3.72. The second-order valence-electron chi connectivity index (χ2n) is 4.57. The number of aromatic amines is 1. The fourth-order valence-corrected chi connectivity index (χ4v) is 1.67. The largest absolute Gasteiger partial charge is 0.343 e. The van der Waals surface area contributed by atoms with Crippen molar-refractivity contribution in [1.29, 1.82) is 0 Å². The first-order chi connectivity index (χ1) is 8.49. The van der Waals surface area contributed by atoms with Gasteiger partial charge in [-0.25, -0.2) is 4.39 Å². The van der Waals surface area contributed by atoms with Crippen molar-refractivity contribution in [3.63, 3.8) is 0 Å². The minimum atomic E-state index is -0.581. The lowest BCUT2D eigenvalue weighted by molar-refractivity contribution is 0.0912. The Kier molecular flexibility index (Phi) is 3.14. The van der Waals surface area contributed by atoms with E-state index in [0.717, 1.165) is 5.56 Å². The Balaban J connectivity index is 2.16. The minimum Gasteiger partial charge on any atom is -0.343 e. The van der Waals surface area contributed by atoms with Crippen LogP contribution in [0.3, 0.4) is 0 Å². The third-order valence-electron chi connectivity index (χ3n) is 2.75. The van der Waals surface area contributed by atoms with Crippen molar-refractivity contribution in [3.8, 4) is 0 Å². The molecule has 0 aliphatic rings. The van der Waals surface area contributed by atoms with Gasteiger partial charge < -0.3 is 5.32 Å². The summed E-state index contributed by atoms with van der Waals surface area (Å²) in [5.41, 5.74) is 0.716. The average Bonchev–Trinajstić information content (AvgIpc) is 2.82. The Morgan fingerprint density at radius 1 is 1.33 bits per heavy atom. The molecule has 5 heteroatoms. The highest BCUT2D eigenvalue weighted by Gasteiger charge is 2.23. The molecule has 0 saturated heterocycles. The fourth-order valence-electron chi connectivity index (χ4n) is 1.67. The van der Waals surface area contributed by atoms with Gasteiger partial charge in [0, 0.05) is 6.20 Å². The summed E-state index contributed by atoms with van der Waals surface area (Å²) in [5.74, 6) is -0.520. The average molecular weight is 247 g/mol. The molecule has 1 heterocycles. The summed E-state index contributed by atoms with van der Waals surface area (Å²) < 4.78 is 12.9. The van der Waals surface area contributed by atoms with Crippen LogP contribution < -0.4 is 5.32 Å². The molecule has 4 nitrogen and oxygen atoms in total. The summed E-state index contributed by atoms with van der Waals surface area (Å²) in [6, 6.07) is 6.07. The maximum atomic E-state index is 12.9. The monoisotopic (exact) mass is 247 g/mol. The third-order valence-corrected chi connectivity index (χ3v) is 2.75. The van der Waals surface area contributed by atoms with Gasteiger partial charge in [0.2, 0.25) is 0 Å². The predicted molar refractivity (Wildman–Crippen MR) is 65.5 cm³/mol. The lowest BCUT2D eigenvalue weighted by atomic mass is 9.94. The number of hydrogen-bond acceptors (Lipinski definition) is 2. The van der Waals surface area contributed by atoms with Crippen molar-refractivity contribution in [2.45, 2.75) is 19.4 Å². The SMILES string of the molecule is CC(C)(NC(=O)c1cn[nH]c1)c1ccc(F)cc1. The summed E-state index contributed by atoms with van der Waals surface area (Å²) in [4.78, 5) is 11.9. The number of nitrogens with zero attached hydrogens (tertiary/aromatic N) is 1. The first kappa shape index (κ1) is 12.3. The van der Waals surface area contributed by atoms with Crippen LogP contribution in [-0.4, -0.2) is 16.1 Å². The number of carbonyl (C=O) groups excluding carboxylic acids is 1. The summed E-state index contributed by atoms with van der Waals surface area (Å²) in [5, 5.41) is 9.18. The van der Waals surface area contributed by atoms with Crippen LogP contribution in [0.2, 0.25) is 0 Å². The molecule has 1 aromatic carbocycles. The normalized spacial score (nSPS) is 11.3. The zero-order chi connectivity index (χ0) is 13.2. The van der Waals surface area contributed by atoms with Crippen molar-refractivity contribution >= 4 is 5.91 Å². The van der Waals surface area contributed by atoms with Crippen molar-refractivity contribution < 1.29 is 9.18 Å². The number of nitrogens with one attached hydrogen (secondary N) is 2. The first-order valence-corrected chi connectivity index (χ1v) is 5.56. The van der Waals surface area contributed by atoms with Gasteiger partial charge in [-0.1, -0.05) is 12.1 Å². The van der Waals surface area contributed by atoms with Gasteiger partial charge in [-0.3, -0.25) is 9.89 Å². The van der Waals surface area contributed by atoms with E-state index in [1.54, 1.807) is 12.1 Å². The molecule has 0 aliphatic carbocycles. The summed E-state index contributed by atoms with van der Waals surface area (Å²) in [7, 11) is 0. The molecule has 0 bridgehead atoms. The molecule has 0 radical (unpaired) electrons. The van der Waals surface area contributed by atoms with Gasteiger partial charge in [-0.15, -0.1) is 0 Å². The zero-order valence-electron chi connectivity index (χ0n) is 10.2. The van der Waals surface area contributed by atoms with Crippen molar-refractivity contribution in [3.05, 3.63) is 53.6 Å². The van der Waals surface area contributed by atoms with Gasteiger partial charge in [0.1, 0.15) is 5.82 Å². The molecule has 1 aromatic heterocycles. The summed E-state index contributed by atoms with van der Waals surface area (Å²) in [6.07, 6.45) is 2.98. The Hall–Kier alpha value is -2.17. The lowest BCUT2D eigenvalue weighted by Crippen LogP contribution is -2.40. The molecule has 18 heavy (non-hydrogen) atoms. The molecular formula is C13H14FN3O. The van der Waals surface area contributed by atoms with E-state index in [4.69, 9.17) is 0 Å². The molecule has 0 atom stereocenters. The van der Waals surface area contributed by atoms with Crippen molar-refractivity contribution in [2.24, 2.45) is 0 Å². The number of hydrogen-bond donors (Lipinski definition) is 2. The predicted octanol–water partition coefficient (Wildman–Crippen LogP) is 2.21. The van der Waals surface area contributed by atoms with Crippen LogP contribution in [0.25, 0.3) is 0 Å². The maximum Gasteiger partial charge on any atom is 0.255 e. The standard InChI is InChI=1S/C13H14FN3O/c1-13(2,10-3-5-11(14)6-4-10)17-12(18)9-7-15-16-8-9/h3-8H,1-2H3,(H,15,16)(H,17,18). The second-order valence-corrected chi connectivity index (χ2v) is 4.57. The van der Waals surface area contributed by atoms with E-state index in [2.05, 4.69) is 15.5 Å². The maximum absolute atomic E-state index is 12.9. The molecule has 0 spiro atoms. The molecule has 0 aliphatic heterocycles. The number of halogens is 1. The molecule has 94 valence electrons. The number of carbonyl (C=O) groups is 1. The third kappa shape index (κ3) is 2.56. The van der Waals surface area contributed by atoms with Gasteiger partial charge >= 0.3 is 0 Å². The van der Waals surface area contributed by atoms with Crippen LogP contribution in [0.1, 0.15) is 29.8 Å². The lowest BCUT2D eigenvalue weighted by Gasteiger charge is -2.26. The second kappa shape index (κ2) is 4.60. The Morgan fingerprint density at radius 2 is 2.00 bits per heavy atom. The summed E-state index contributed by atoms with van der Waals surface area (Å²) >= 11 is 0. The Bertz CT molecular complexity index is 532. The number of rotatable bonds is 3. The van der Waals surface area contributed by atoms with E-state index in [1.165, 1.54) is 24.5 Å². The van der Waals surface area contributed by atoms with Crippen molar-refractivity contribution in [2.75, 3.05) is 0 Å². The molecule has 2 aromatic rings. The van der Waals surface area contributed by atoms with E-state index in [-0.39, 0.29) is 11.7 Å². The molecule has 0 saturated carbocycles.